The highest BCUT2D eigenvalue weighted by Gasteiger charge is 2.17. The Morgan fingerprint density at radius 2 is 2.19 bits per heavy atom. The first kappa shape index (κ1) is 11.1. The van der Waals surface area contributed by atoms with E-state index in [4.69, 9.17) is 5.73 Å². The van der Waals surface area contributed by atoms with Crippen molar-refractivity contribution in [1.29, 1.82) is 0 Å². The van der Waals surface area contributed by atoms with Crippen LogP contribution in [0.2, 0.25) is 0 Å². The van der Waals surface area contributed by atoms with Gasteiger partial charge >= 0.3 is 0 Å². The van der Waals surface area contributed by atoms with Gasteiger partial charge in [0.05, 0.1) is 0 Å². The molecule has 0 atom stereocenters. The van der Waals surface area contributed by atoms with Gasteiger partial charge in [0.25, 0.3) is 0 Å². The van der Waals surface area contributed by atoms with Crippen LogP contribution in [0.5, 0.6) is 0 Å². The van der Waals surface area contributed by atoms with E-state index in [1.54, 1.807) is 6.33 Å². The Morgan fingerprint density at radius 3 is 2.88 bits per heavy atom. The second kappa shape index (κ2) is 5.12. The molecule has 1 fully saturated rings. The van der Waals surface area contributed by atoms with Gasteiger partial charge < -0.3 is 16.0 Å². The molecule has 1 saturated heterocycles. The molecule has 2 rings (SSSR count). The van der Waals surface area contributed by atoms with Gasteiger partial charge in [-0.3, -0.25) is 0 Å². The lowest BCUT2D eigenvalue weighted by molar-refractivity contribution is 0.498. The number of hydrogen-bond acceptors (Lipinski definition) is 5. The smallest absolute Gasteiger partial charge is 0.134 e. The van der Waals surface area contributed by atoms with Gasteiger partial charge in [0, 0.05) is 31.7 Å². The SMILES string of the molecule is CCNc1cc(N2CCC(N)CC2)ncn1. The maximum Gasteiger partial charge on any atom is 0.134 e. The largest absolute Gasteiger partial charge is 0.370 e. The third-order valence-corrected chi connectivity index (χ3v) is 2.87. The lowest BCUT2D eigenvalue weighted by Crippen LogP contribution is -2.40. The van der Waals surface area contributed by atoms with Crippen LogP contribution in [-0.4, -0.2) is 35.6 Å². The fraction of sp³-hybridized carbons (Fsp3) is 0.636. The van der Waals surface area contributed by atoms with E-state index < -0.39 is 0 Å². The van der Waals surface area contributed by atoms with Gasteiger partial charge in [0.1, 0.15) is 18.0 Å². The molecule has 0 bridgehead atoms. The van der Waals surface area contributed by atoms with E-state index in [2.05, 4.69) is 27.1 Å². The molecule has 1 aromatic rings. The molecule has 1 aromatic heterocycles. The second-order valence-corrected chi connectivity index (χ2v) is 4.12. The average molecular weight is 221 g/mol. The first-order chi connectivity index (χ1) is 7.79. The van der Waals surface area contributed by atoms with E-state index in [0.29, 0.717) is 6.04 Å². The quantitative estimate of drug-likeness (QED) is 0.791. The van der Waals surface area contributed by atoms with E-state index in [-0.39, 0.29) is 0 Å². The first-order valence-electron chi connectivity index (χ1n) is 5.86. The van der Waals surface area contributed by atoms with Crippen molar-refractivity contribution in [3.63, 3.8) is 0 Å². The highest BCUT2D eigenvalue weighted by atomic mass is 15.2. The average Bonchev–Trinajstić information content (AvgIpc) is 2.31. The normalized spacial score (nSPS) is 17.5. The molecule has 0 aromatic carbocycles. The first-order valence-corrected chi connectivity index (χ1v) is 5.86. The predicted molar refractivity (Wildman–Crippen MR) is 65.6 cm³/mol. The highest BCUT2D eigenvalue weighted by Crippen LogP contribution is 2.18. The Balaban J connectivity index is 2.05. The summed E-state index contributed by atoms with van der Waals surface area (Å²) in [5.41, 5.74) is 5.88. The number of hydrogen-bond donors (Lipinski definition) is 2. The number of anilines is 2. The lowest BCUT2D eigenvalue weighted by Gasteiger charge is -2.31. The molecule has 0 aliphatic carbocycles. The molecule has 88 valence electrons. The van der Waals surface area contributed by atoms with Crippen LogP contribution in [0.15, 0.2) is 12.4 Å². The van der Waals surface area contributed by atoms with Gasteiger partial charge in [-0.05, 0) is 19.8 Å². The van der Waals surface area contributed by atoms with Crippen LogP contribution in [0.1, 0.15) is 19.8 Å². The zero-order chi connectivity index (χ0) is 11.4. The number of rotatable bonds is 3. The van der Waals surface area contributed by atoms with Gasteiger partial charge in [-0.2, -0.15) is 0 Å². The summed E-state index contributed by atoms with van der Waals surface area (Å²) in [6.07, 6.45) is 3.70. The van der Waals surface area contributed by atoms with Crippen LogP contribution in [0.25, 0.3) is 0 Å². The number of nitrogens with one attached hydrogen (secondary N) is 1. The van der Waals surface area contributed by atoms with Gasteiger partial charge in [0.15, 0.2) is 0 Å². The number of nitrogens with two attached hydrogens (primary N) is 1. The van der Waals surface area contributed by atoms with E-state index in [9.17, 15) is 0 Å². The fourth-order valence-electron chi connectivity index (χ4n) is 1.93. The Hall–Kier alpha value is -1.36. The zero-order valence-electron chi connectivity index (χ0n) is 9.69. The summed E-state index contributed by atoms with van der Waals surface area (Å²) < 4.78 is 0. The Bertz CT molecular complexity index is 333. The van der Waals surface area contributed by atoms with Crippen molar-refractivity contribution in [2.45, 2.75) is 25.8 Å². The summed E-state index contributed by atoms with van der Waals surface area (Å²) in [6, 6.07) is 2.35. The molecule has 0 saturated carbocycles. The second-order valence-electron chi connectivity index (χ2n) is 4.12. The van der Waals surface area contributed by atoms with E-state index in [1.165, 1.54) is 0 Å². The molecule has 0 amide bonds. The van der Waals surface area contributed by atoms with Crippen molar-refractivity contribution in [1.82, 2.24) is 9.97 Å². The number of piperidine rings is 1. The van der Waals surface area contributed by atoms with Crippen LogP contribution in [0.3, 0.4) is 0 Å². The summed E-state index contributed by atoms with van der Waals surface area (Å²) in [5, 5.41) is 3.19. The molecule has 1 aliphatic heterocycles. The Labute approximate surface area is 96.1 Å². The van der Waals surface area contributed by atoms with Crippen LogP contribution in [-0.2, 0) is 0 Å². The van der Waals surface area contributed by atoms with Crippen LogP contribution < -0.4 is 16.0 Å². The van der Waals surface area contributed by atoms with Crippen molar-refractivity contribution < 1.29 is 0 Å². The van der Waals surface area contributed by atoms with Crippen molar-refractivity contribution in [3.05, 3.63) is 12.4 Å². The van der Waals surface area contributed by atoms with Gasteiger partial charge in [-0.15, -0.1) is 0 Å². The number of aromatic nitrogens is 2. The van der Waals surface area contributed by atoms with E-state index >= 15 is 0 Å². The van der Waals surface area contributed by atoms with Gasteiger partial charge in [-0.1, -0.05) is 0 Å². The molecule has 0 radical (unpaired) electrons. The van der Waals surface area contributed by atoms with Gasteiger partial charge in [-0.25, -0.2) is 9.97 Å². The molecule has 0 unspecified atom stereocenters. The molecule has 1 aliphatic rings. The third-order valence-electron chi connectivity index (χ3n) is 2.87. The van der Waals surface area contributed by atoms with Crippen molar-refractivity contribution >= 4 is 11.6 Å². The maximum absolute atomic E-state index is 5.88. The van der Waals surface area contributed by atoms with E-state index in [0.717, 1.165) is 44.1 Å². The molecular weight excluding hydrogens is 202 g/mol. The topological polar surface area (TPSA) is 67.1 Å². The van der Waals surface area contributed by atoms with E-state index in [1.807, 2.05) is 6.07 Å². The van der Waals surface area contributed by atoms with Crippen LogP contribution >= 0.6 is 0 Å². The Kier molecular flexibility index (Phi) is 3.56. The minimum Gasteiger partial charge on any atom is -0.370 e. The monoisotopic (exact) mass is 221 g/mol. The minimum absolute atomic E-state index is 0.353. The molecule has 0 spiro atoms. The fourth-order valence-corrected chi connectivity index (χ4v) is 1.93. The summed E-state index contributed by atoms with van der Waals surface area (Å²) in [6.45, 7) is 4.91. The zero-order valence-corrected chi connectivity index (χ0v) is 9.69. The molecular formula is C11H19N5. The summed E-state index contributed by atoms with van der Waals surface area (Å²) in [7, 11) is 0. The summed E-state index contributed by atoms with van der Waals surface area (Å²) >= 11 is 0. The summed E-state index contributed by atoms with van der Waals surface area (Å²) in [5.74, 6) is 1.89. The molecule has 16 heavy (non-hydrogen) atoms. The van der Waals surface area contributed by atoms with Crippen LogP contribution in [0.4, 0.5) is 11.6 Å². The highest BCUT2D eigenvalue weighted by molar-refractivity contribution is 5.48. The molecule has 5 nitrogen and oxygen atoms in total. The molecule has 5 heteroatoms. The van der Waals surface area contributed by atoms with Crippen molar-refractivity contribution in [3.8, 4) is 0 Å². The van der Waals surface area contributed by atoms with Gasteiger partial charge in [0.2, 0.25) is 0 Å². The standard InChI is InChI=1S/C11H19N5/c1-2-13-10-7-11(15-8-14-10)16-5-3-9(12)4-6-16/h7-9H,2-6,12H2,1H3,(H,13,14,15). The maximum atomic E-state index is 5.88. The Morgan fingerprint density at radius 1 is 1.44 bits per heavy atom. The predicted octanol–water partition coefficient (Wildman–Crippen LogP) is 0.836. The molecule has 3 N–H and O–H groups in total. The molecule has 2 heterocycles. The minimum atomic E-state index is 0.353. The third kappa shape index (κ3) is 2.61. The van der Waals surface area contributed by atoms with Crippen molar-refractivity contribution in [2.24, 2.45) is 5.73 Å². The van der Waals surface area contributed by atoms with Crippen LogP contribution in [0, 0.1) is 0 Å². The lowest BCUT2D eigenvalue weighted by atomic mass is 10.1. The van der Waals surface area contributed by atoms with Crippen molar-refractivity contribution in [2.75, 3.05) is 29.9 Å². The number of nitrogens with zero attached hydrogens (tertiary/aromatic N) is 3. The summed E-state index contributed by atoms with van der Waals surface area (Å²) in [4.78, 5) is 10.7.